The summed E-state index contributed by atoms with van der Waals surface area (Å²) in [6.07, 6.45) is 0. The van der Waals surface area contributed by atoms with Crippen LogP contribution in [0.5, 0.6) is 0 Å². The molecule has 3 nitrogen and oxygen atoms in total. The van der Waals surface area contributed by atoms with E-state index in [0.717, 1.165) is 0 Å². The van der Waals surface area contributed by atoms with Crippen LogP contribution in [0, 0.1) is 16.2 Å². The molecule has 0 spiro atoms. The van der Waals surface area contributed by atoms with Crippen molar-refractivity contribution in [1.29, 1.82) is 0 Å². The molecule has 0 aromatic heterocycles. The summed E-state index contributed by atoms with van der Waals surface area (Å²) in [5, 5.41) is 0. The second-order valence-electron chi connectivity index (χ2n) is 8.73. The average molecular weight is 470 g/mol. The molecular weight excluding hydrogens is 437 g/mol. The SMILES string of the molecule is CC(C)(C)C[O][Bi]([O]CC(C)(C)C)[O]CC(C)(C)C. The van der Waals surface area contributed by atoms with Crippen LogP contribution in [-0.4, -0.2) is 42.9 Å². The van der Waals surface area contributed by atoms with Gasteiger partial charge in [-0.25, -0.2) is 0 Å². The third kappa shape index (κ3) is 15.0. The van der Waals surface area contributed by atoms with E-state index in [1.54, 1.807) is 0 Å². The quantitative estimate of drug-likeness (QED) is 0.546. The molecule has 0 bridgehead atoms. The van der Waals surface area contributed by atoms with Crippen molar-refractivity contribution in [2.24, 2.45) is 16.2 Å². The third-order valence-corrected chi connectivity index (χ3v) is 5.77. The van der Waals surface area contributed by atoms with Crippen LogP contribution in [0.25, 0.3) is 0 Å². The molecular formula is C15H33BiO3. The fraction of sp³-hybridized carbons (Fsp3) is 1.00. The van der Waals surface area contributed by atoms with Gasteiger partial charge in [0.15, 0.2) is 0 Å². The first-order valence-corrected chi connectivity index (χ1v) is 11.2. The summed E-state index contributed by atoms with van der Waals surface area (Å²) in [7, 11) is 0. The van der Waals surface area contributed by atoms with Gasteiger partial charge in [-0.2, -0.15) is 0 Å². The van der Waals surface area contributed by atoms with Crippen LogP contribution in [0.2, 0.25) is 0 Å². The van der Waals surface area contributed by atoms with Crippen LogP contribution < -0.4 is 0 Å². The van der Waals surface area contributed by atoms with Gasteiger partial charge in [-0.15, -0.1) is 0 Å². The summed E-state index contributed by atoms with van der Waals surface area (Å²) in [5.41, 5.74) is 0.470. The van der Waals surface area contributed by atoms with E-state index < -0.39 is 23.1 Å². The van der Waals surface area contributed by atoms with Crippen molar-refractivity contribution in [3.63, 3.8) is 0 Å². The van der Waals surface area contributed by atoms with E-state index in [-0.39, 0.29) is 16.2 Å². The van der Waals surface area contributed by atoms with Gasteiger partial charge in [0.2, 0.25) is 0 Å². The number of hydrogen-bond acceptors (Lipinski definition) is 3. The Morgan fingerprint density at radius 3 is 0.895 bits per heavy atom. The van der Waals surface area contributed by atoms with Crippen LogP contribution in [0.15, 0.2) is 0 Å². The van der Waals surface area contributed by atoms with Crippen molar-refractivity contribution < 1.29 is 8.44 Å². The van der Waals surface area contributed by atoms with Crippen LogP contribution >= 0.6 is 0 Å². The van der Waals surface area contributed by atoms with Gasteiger partial charge in [-0.3, -0.25) is 0 Å². The van der Waals surface area contributed by atoms with E-state index in [4.69, 9.17) is 8.44 Å². The molecule has 0 atom stereocenters. The Labute approximate surface area is 129 Å². The fourth-order valence-corrected chi connectivity index (χ4v) is 7.47. The first-order valence-electron chi connectivity index (χ1n) is 6.97. The monoisotopic (exact) mass is 470 g/mol. The maximum absolute atomic E-state index is 5.96. The normalized spacial score (nSPS) is 14.2. The van der Waals surface area contributed by atoms with Gasteiger partial charge in [0.05, 0.1) is 0 Å². The van der Waals surface area contributed by atoms with Crippen molar-refractivity contribution in [3.05, 3.63) is 0 Å². The molecule has 0 radical (unpaired) electrons. The molecule has 0 saturated heterocycles. The first-order chi connectivity index (χ1) is 8.29. The van der Waals surface area contributed by atoms with Crippen LogP contribution in [-0.2, 0) is 8.44 Å². The zero-order valence-corrected chi connectivity index (χ0v) is 17.8. The van der Waals surface area contributed by atoms with Gasteiger partial charge in [0.1, 0.15) is 0 Å². The summed E-state index contributed by atoms with van der Waals surface area (Å²) in [5.74, 6) is 0. The van der Waals surface area contributed by atoms with E-state index >= 15 is 0 Å². The van der Waals surface area contributed by atoms with Crippen molar-refractivity contribution in [2.45, 2.75) is 62.3 Å². The Morgan fingerprint density at radius 2 is 0.737 bits per heavy atom. The summed E-state index contributed by atoms with van der Waals surface area (Å²) in [6.45, 7) is 21.6. The van der Waals surface area contributed by atoms with Gasteiger partial charge in [-0.05, 0) is 0 Å². The molecule has 4 heteroatoms. The summed E-state index contributed by atoms with van der Waals surface area (Å²) >= 11 is -2.72. The Balaban J connectivity index is 4.30. The molecule has 0 rings (SSSR count). The Hall–Kier alpha value is 0.763. The topological polar surface area (TPSA) is 27.7 Å². The van der Waals surface area contributed by atoms with Crippen molar-refractivity contribution in [1.82, 2.24) is 0 Å². The second-order valence-corrected chi connectivity index (χ2v) is 13.5. The van der Waals surface area contributed by atoms with E-state index in [0.29, 0.717) is 19.8 Å². The minimum absolute atomic E-state index is 0.157. The molecule has 0 aliphatic carbocycles. The van der Waals surface area contributed by atoms with E-state index in [9.17, 15) is 0 Å². The van der Waals surface area contributed by atoms with Gasteiger partial charge in [0.25, 0.3) is 0 Å². The van der Waals surface area contributed by atoms with Crippen LogP contribution in [0.4, 0.5) is 0 Å². The molecule has 0 heterocycles. The van der Waals surface area contributed by atoms with Gasteiger partial charge < -0.3 is 0 Å². The third-order valence-electron chi connectivity index (χ3n) is 1.81. The zero-order valence-electron chi connectivity index (χ0n) is 14.3. The van der Waals surface area contributed by atoms with Gasteiger partial charge >= 0.3 is 130 Å². The molecule has 0 aromatic carbocycles. The number of rotatable bonds is 6. The van der Waals surface area contributed by atoms with Crippen molar-refractivity contribution in [2.75, 3.05) is 19.8 Å². The predicted octanol–water partition coefficient (Wildman–Crippen LogP) is 4.16. The second kappa shape index (κ2) is 7.68. The first kappa shape index (κ1) is 19.8. The molecule has 116 valence electrons. The summed E-state index contributed by atoms with van der Waals surface area (Å²) < 4.78 is 17.9. The summed E-state index contributed by atoms with van der Waals surface area (Å²) in [6, 6.07) is 0. The summed E-state index contributed by atoms with van der Waals surface area (Å²) in [4.78, 5) is 0. The molecule has 0 fully saturated rings. The molecule has 19 heavy (non-hydrogen) atoms. The van der Waals surface area contributed by atoms with Crippen molar-refractivity contribution >= 4 is 23.1 Å². The molecule has 0 aliphatic heterocycles. The molecule has 0 aromatic rings. The molecule has 0 N–H and O–H groups in total. The molecule has 0 amide bonds. The Kier molecular flexibility index (Phi) is 7.99. The maximum atomic E-state index is 5.96. The van der Waals surface area contributed by atoms with E-state index in [1.165, 1.54) is 0 Å². The van der Waals surface area contributed by atoms with Gasteiger partial charge in [0, 0.05) is 0 Å². The molecule has 0 unspecified atom stereocenters. The van der Waals surface area contributed by atoms with Gasteiger partial charge in [-0.1, -0.05) is 0 Å². The average Bonchev–Trinajstić information content (AvgIpc) is 2.11. The molecule has 0 aliphatic rings. The van der Waals surface area contributed by atoms with Crippen molar-refractivity contribution in [3.8, 4) is 0 Å². The molecule has 0 saturated carbocycles. The minimum atomic E-state index is -2.72. The standard InChI is InChI=1S/3C5H11O.Bi/c3*1-5(2,3)4-6;/h3*4H2,1-3H3;/q3*-1;+3. The van der Waals surface area contributed by atoms with E-state index in [1.807, 2.05) is 0 Å². The zero-order chi connectivity index (χ0) is 15.3. The van der Waals surface area contributed by atoms with Crippen LogP contribution in [0.3, 0.4) is 0 Å². The Morgan fingerprint density at radius 1 is 0.526 bits per heavy atom. The number of hydrogen-bond donors (Lipinski definition) is 0. The Bertz CT molecular complexity index is 203. The fourth-order valence-electron chi connectivity index (χ4n) is 0.851. The predicted molar refractivity (Wildman–Crippen MR) is 82.0 cm³/mol. The van der Waals surface area contributed by atoms with Crippen LogP contribution in [0.1, 0.15) is 62.3 Å². The van der Waals surface area contributed by atoms with E-state index in [2.05, 4.69) is 62.3 Å².